The van der Waals surface area contributed by atoms with Crippen LogP contribution in [0.2, 0.25) is 0 Å². The number of carbonyl (C=O) groups is 1. The fraction of sp³-hybridized carbons (Fsp3) is 0.469. The zero-order chi connectivity index (χ0) is 32.7. The molecule has 3 aromatic heterocycles. The van der Waals surface area contributed by atoms with Crippen molar-refractivity contribution in [2.45, 2.75) is 18.9 Å². The van der Waals surface area contributed by atoms with E-state index >= 15 is 4.39 Å². The lowest BCUT2D eigenvalue weighted by Crippen LogP contribution is -2.45. The summed E-state index contributed by atoms with van der Waals surface area (Å²) >= 11 is 0.989. The van der Waals surface area contributed by atoms with Crippen molar-refractivity contribution in [3.63, 3.8) is 0 Å². The van der Waals surface area contributed by atoms with E-state index in [-0.39, 0.29) is 49.9 Å². The summed E-state index contributed by atoms with van der Waals surface area (Å²) in [7, 11) is 1.69. The van der Waals surface area contributed by atoms with E-state index < -0.39 is 11.6 Å². The highest BCUT2D eigenvalue weighted by atomic mass is 32.1. The molecule has 0 spiro atoms. The average Bonchev–Trinajstić information content (AvgIpc) is 3.79. The van der Waals surface area contributed by atoms with Crippen LogP contribution in [0.1, 0.15) is 12.8 Å². The molecule has 0 unspecified atom stereocenters. The monoisotopic (exact) mass is 666 g/mol. The standard InChI is InChI=1S/C32H36F2N8O4S/c1-3-23(43)40(2)19-15-42(10-13-45-16-19)29-21-14-36-25(20-4-5-22(33)28-27(20)37-30(35)47-28)24(34)26(21)38-31(39-29)46-18-32(6-7-32)17-41-8-11-44-12-9-41/h3-5,14,19H,1,6-13,15-18H2,2H3,(H2,35,37)/t19-/m0/s1. The summed E-state index contributed by atoms with van der Waals surface area (Å²) in [5, 5.41) is 0.527. The Hall–Kier alpha value is -4.05. The number of morpholine rings is 1. The second kappa shape index (κ2) is 12.9. The van der Waals surface area contributed by atoms with E-state index in [4.69, 9.17) is 24.9 Å². The quantitative estimate of drug-likeness (QED) is 0.263. The highest BCUT2D eigenvalue weighted by Gasteiger charge is 2.45. The summed E-state index contributed by atoms with van der Waals surface area (Å²) in [5.74, 6) is -1.04. The number of halogens is 2. The number of hydrogen-bond donors (Lipinski definition) is 1. The highest BCUT2D eigenvalue weighted by Crippen LogP contribution is 2.47. The summed E-state index contributed by atoms with van der Waals surface area (Å²) < 4.78 is 49.1. The van der Waals surface area contributed by atoms with Crippen molar-refractivity contribution in [2.75, 3.05) is 83.4 Å². The Kier molecular flexibility index (Phi) is 8.63. The summed E-state index contributed by atoms with van der Waals surface area (Å²) in [6.45, 7) is 9.53. The van der Waals surface area contributed by atoms with Gasteiger partial charge >= 0.3 is 6.01 Å². The molecule has 47 heavy (non-hydrogen) atoms. The Bertz CT molecular complexity index is 1830. The molecule has 2 aliphatic heterocycles. The number of aromatic nitrogens is 4. The number of benzene rings is 1. The molecule has 1 aliphatic carbocycles. The lowest BCUT2D eigenvalue weighted by atomic mass is 10.1. The molecule has 4 aromatic rings. The van der Waals surface area contributed by atoms with Crippen LogP contribution in [-0.4, -0.2) is 114 Å². The zero-order valence-electron chi connectivity index (χ0n) is 26.1. The van der Waals surface area contributed by atoms with Crippen LogP contribution >= 0.6 is 11.3 Å². The van der Waals surface area contributed by atoms with Crippen molar-refractivity contribution in [2.24, 2.45) is 5.41 Å². The fourth-order valence-corrected chi connectivity index (χ4v) is 6.98. The number of anilines is 2. The van der Waals surface area contributed by atoms with E-state index in [0.717, 1.165) is 43.8 Å². The minimum Gasteiger partial charge on any atom is -0.463 e. The number of thiazole rings is 1. The number of rotatable bonds is 9. The molecule has 3 aliphatic rings. The van der Waals surface area contributed by atoms with Crippen molar-refractivity contribution in [1.82, 2.24) is 29.7 Å². The first kappa shape index (κ1) is 31.5. The minimum atomic E-state index is -0.716. The maximum absolute atomic E-state index is 16.7. The van der Waals surface area contributed by atoms with Gasteiger partial charge in [-0.15, -0.1) is 0 Å². The van der Waals surface area contributed by atoms with Gasteiger partial charge in [-0.05, 0) is 31.1 Å². The normalized spacial score (nSPS) is 19.9. The molecular formula is C32H36F2N8O4S. The maximum atomic E-state index is 16.7. The smallest absolute Gasteiger partial charge is 0.319 e. The molecule has 0 radical (unpaired) electrons. The van der Waals surface area contributed by atoms with E-state index in [1.807, 2.05) is 4.90 Å². The first-order chi connectivity index (χ1) is 22.7. The molecule has 7 rings (SSSR count). The molecule has 0 bridgehead atoms. The molecule has 2 saturated heterocycles. The molecule has 12 nitrogen and oxygen atoms in total. The van der Waals surface area contributed by atoms with Crippen molar-refractivity contribution >= 4 is 49.3 Å². The number of carbonyl (C=O) groups excluding carboxylic acids is 1. The summed E-state index contributed by atoms with van der Waals surface area (Å²) in [5.41, 5.74) is 6.36. The number of hydrogen-bond acceptors (Lipinski definition) is 12. The Morgan fingerprint density at radius 3 is 2.72 bits per heavy atom. The van der Waals surface area contributed by atoms with Gasteiger partial charge in [0.05, 0.1) is 54.7 Å². The van der Waals surface area contributed by atoms with E-state index in [9.17, 15) is 9.18 Å². The third-order valence-electron chi connectivity index (χ3n) is 9.15. The van der Waals surface area contributed by atoms with Crippen LogP contribution in [-0.2, 0) is 14.3 Å². The number of ether oxygens (including phenoxy) is 3. The number of likely N-dealkylation sites (N-methyl/N-ethyl adjacent to an activating group) is 1. The fourth-order valence-electron chi connectivity index (χ4n) is 6.22. The van der Waals surface area contributed by atoms with Crippen LogP contribution in [0.3, 0.4) is 0 Å². The lowest BCUT2D eigenvalue weighted by Gasteiger charge is -2.31. The number of nitrogens with two attached hydrogens (primary N) is 1. The van der Waals surface area contributed by atoms with E-state index in [2.05, 4.69) is 26.4 Å². The van der Waals surface area contributed by atoms with Gasteiger partial charge < -0.3 is 29.7 Å². The number of nitrogens with zero attached hydrogens (tertiary/aromatic N) is 7. The van der Waals surface area contributed by atoms with Crippen molar-refractivity contribution in [3.8, 4) is 17.3 Å². The Morgan fingerprint density at radius 1 is 1.17 bits per heavy atom. The van der Waals surface area contributed by atoms with Crippen LogP contribution in [0.15, 0.2) is 31.0 Å². The number of amides is 1. The molecule has 1 aromatic carbocycles. The largest absolute Gasteiger partial charge is 0.463 e. The van der Waals surface area contributed by atoms with E-state index in [0.29, 0.717) is 62.9 Å². The van der Waals surface area contributed by atoms with Gasteiger partial charge in [0.1, 0.15) is 22.8 Å². The number of nitrogen functional groups attached to an aromatic ring is 1. The van der Waals surface area contributed by atoms with E-state index in [1.165, 1.54) is 24.4 Å². The van der Waals surface area contributed by atoms with Gasteiger partial charge in [0.25, 0.3) is 0 Å². The zero-order valence-corrected chi connectivity index (χ0v) is 26.9. The molecular weight excluding hydrogens is 630 g/mol. The summed E-state index contributed by atoms with van der Waals surface area (Å²) in [6.07, 6.45) is 4.80. The average molecular weight is 667 g/mol. The predicted octanol–water partition coefficient (Wildman–Crippen LogP) is 3.50. The SMILES string of the molecule is C=CC(=O)N(C)[C@@H]1COCCN(c2nc(OCC3(CN4CCOCC4)CC3)nc3c(F)c(-c4ccc(F)c5sc(N)nc45)ncc23)C1. The Labute approximate surface area is 274 Å². The van der Waals surface area contributed by atoms with Gasteiger partial charge in [-0.25, -0.2) is 13.8 Å². The predicted molar refractivity (Wildman–Crippen MR) is 174 cm³/mol. The molecule has 5 heterocycles. The van der Waals surface area contributed by atoms with Gasteiger partial charge in [-0.2, -0.15) is 9.97 Å². The maximum Gasteiger partial charge on any atom is 0.319 e. The highest BCUT2D eigenvalue weighted by molar-refractivity contribution is 7.22. The molecule has 1 amide bonds. The Morgan fingerprint density at radius 2 is 1.96 bits per heavy atom. The molecule has 3 fully saturated rings. The number of fused-ring (bicyclic) bond motifs is 2. The topological polar surface area (TPSA) is 132 Å². The van der Waals surface area contributed by atoms with Crippen molar-refractivity contribution in [3.05, 3.63) is 42.6 Å². The molecule has 1 atom stereocenters. The first-order valence-electron chi connectivity index (χ1n) is 15.6. The van der Waals surface area contributed by atoms with Gasteiger partial charge in [0.15, 0.2) is 10.9 Å². The van der Waals surface area contributed by atoms with Crippen molar-refractivity contribution in [1.29, 1.82) is 0 Å². The van der Waals surface area contributed by atoms with Crippen LogP contribution in [0, 0.1) is 17.0 Å². The second-order valence-electron chi connectivity index (χ2n) is 12.3. The number of pyridine rings is 1. The summed E-state index contributed by atoms with van der Waals surface area (Å²) in [6, 6.07) is 2.42. The molecule has 1 saturated carbocycles. The molecule has 248 valence electrons. The molecule has 2 N–H and O–H groups in total. The second-order valence-corrected chi connectivity index (χ2v) is 13.4. The van der Waals surface area contributed by atoms with Gasteiger partial charge in [0, 0.05) is 56.9 Å². The lowest BCUT2D eigenvalue weighted by molar-refractivity contribution is -0.127. The Balaban J connectivity index is 1.28. The van der Waals surface area contributed by atoms with Gasteiger partial charge in [0.2, 0.25) is 5.91 Å². The van der Waals surface area contributed by atoms with Crippen LogP contribution in [0.25, 0.3) is 32.4 Å². The third-order valence-corrected chi connectivity index (χ3v) is 10.0. The first-order valence-corrected chi connectivity index (χ1v) is 16.4. The van der Waals surface area contributed by atoms with Crippen LogP contribution in [0.5, 0.6) is 6.01 Å². The molecule has 15 heteroatoms. The van der Waals surface area contributed by atoms with Crippen LogP contribution < -0.4 is 15.4 Å². The summed E-state index contributed by atoms with van der Waals surface area (Å²) in [4.78, 5) is 36.5. The van der Waals surface area contributed by atoms with Gasteiger partial charge in [-0.1, -0.05) is 17.9 Å². The third kappa shape index (κ3) is 6.32. The van der Waals surface area contributed by atoms with E-state index in [1.54, 1.807) is 11.9 Å². The minimum absolute atomic E-state index is 0.00550. The van der Waals surface area contributed by atoms with Gasteiger partial charge in [-0.3, -0.25) is 14.7 Å². The van der Waals surface area contributed by atoms with Crippen LogP contribution in [0.4, 0.5) is 19.7 Å². The van der Waals surface area contributed by atoms with Crippen molar-refractivity contribution < 1.29 is 27.8 Å².